The highest BCUT2D eigenvalue weighted by atomic mass is 19.2. The molecule has 1 aliphatic rings. The van der Waals surface area contributed by atoms with Crippen LogP contribution < -0.4 is 0 Å². The molecule has 2 rings (SSSR count). The van der Waals surface area contributed by atoms with E-state index in [0.717, 1.165) is 18.6 Å². The molecule has 0 saturated carbocycles. The second-order valence-electron chi connectivity index (χ2n) is 5.15. The van der Waals surface area contributed by atoms with Gasteiger partial charge in [0.2, 0.25) is 0 Å². The Labute approximate surface area is 126 Å². The summed E-state index contributed by atoms with van der Waals surface area (Å²) in [6.45, 7) is 0.505. The zero-order valence-electron chi connectivity index (χ0n) is 11.9. The smallest absolute Gasteiger partial charge is 0.305 e. The van der Waals surface area contributed by atoms with Crippen LogP contribution in [0.2, 0.25) is 0 Å². The monoisotopic (exact) mass is 313 g/mol. The Morgan fingerprint density at radius 3 is 2.68 bits per heavy atom. The first kappa shape index (κ1) is 16.4. The van der Waals surface area contributed by atoms with Crippen LogP contribution in [0.25, 0.3) is 0 Å². The number of carboxylic acids is 1. The Hall–Kier alpha value is -2.02. The van der Waals surface area contributed by atoms with Crippen molar-refractivity contribution in [2.24, 2.45) is 0 Å². The number of aliphatic carboxylic acids is 1. The van der Waals surface area contributed by atoms with Crippen molar-refractivity contribution >= 4 is 11.9 Å². The van der Waals surface area contributed by atoms with Gasteiger partial charge in [0, 0.05) is 19.7 Å². The number of amides is 1. The predicted molar refractivity (Wildman–Crippen MR) is 73.0 cm³/mol. The molecule has 7 heteroatoms. The third-order valence-corrected chi connectivity index (χ3v) is 3.47. The zero-order chi connectivity index (χ0) is 16.1. The fourth-order valence-corrected chi connectivity index (χ4v) is 2.33. The van der Waals surface area contributed by atoms with Crippen molar-refractivity contribution in [3.63, 3.8) is 0 Å². The molecule has 0 radical (unpaired) electrons. The molecule has 0 aliphatic carbocycles. The van der Waals surface area contributed by atoms with Gasteiger partial charge < -0.3 is 14.7 Å². The third kappa shape index (κ3) is 4.24. The van der Waals surface area contributed by atoms with Gasteiger partial charge in [-0.2, -0.15) is 0 Å². The maximum Gasteiger partial charge on any atom is 0.305 e. The maximum atomic E-state index is 13.2. The van der Waals surface area contributed by atoms with Crippen LogP contribution in [0, 0.1) is 11.6 Å². The second kappa shape index (κ2) is 7.31. The van der Waals surface area contributed by atoms with Gasteiger partial charge in [-0.15, -0.1) is 0 Å². The van der Waals surface area contributed by atoms with E-state index in [1.54, 1.807) is 0 Å². The van der Waals surface area contributed by atoms with Gasteiger partial charge in [-0.1, -0.05) is 6.07 Å². The van der Waals surface area contributed by atoms with Crippen molar-refractivity contribution < 1.29 is 28.2 Å². The van der Waals surface area contributed by atoms with Crippen LogP contribution in [0.5, 0.6) is 0 Å². The van der Waals surface area contributed by atoms with Gasteiger partial charge in [-0.3, -0.25) is 9.59 Å². The first-order valence-corrected chi connectivity index (χ1v) is 7.03. The summed E-state index contributed by atoms with van der Waals surface area (Å²) in [5.41, 5.74) is 0.399. The number of halogens is 2. The minimum Gasteiger partial charge on any atom is -0.481 e. The van der Waals surface area contributed by atoms with Crippen molar-refractivity contribution in [3.05, 3.63) is 35.4 Å². The van der Waals surface area contributed by atoms with Crippen LogP contribution in [-0.2, 0) is 20.9 Å². The van der Waals surface area contributed by atoms with E-state index < -0.39 is 23.7 Å². The Morgan fingerprint density at radius 2 is 2.09 bits per heavy atom. The number of benzene rings is 1. The fourth-order valence-electron chi connectivity index (χ4n) is 2.33. The van der Waals surface area contributed by atoms with E-state index in [-0.39, 0.29) is 25.4 Å². The van der Waals surface area contributed by atoms with Crippen LogP contribution in [0.3, 0.4) is 0 Å². The van der Waals surface area contributed by atoms with Crippen molar-refractivity contribution in [1.29, 1.82) is 0 Å². The minimum atomic E-state index is -1.03. The van der Waals surface area contributed by atoms with E-state index in [4.69, 9.17) is 9.84 Å². The summed E-state index contributed by atoms with van der Waals surface area (Å²) in [7, 11) is 0. The highest BCUT2D eigenvalue weighted by Gasteiger charge is 2.28. The summed E-state index contributed by atoms with van der Waals surface area (Å²) >= 11 is 0. The number of rotatable bonds is 6. The standard InChI is InChI=1S/C15H17F2NO4/c16-11-4-3-10(8-12(11)17)9-18(6-5-14(19)20)15(21)13-2-1-7-22-13/h3-4,8,13H,1-2,5-7,9H2,(H,19,20)/t13-/m0/s1. The quantitative estimate of drug-likeness (QED) is 0.871. The first-order valence-electron chi connectivity index (χ1n) is 7.03. The van der Waals surface area contributed by atoms with Gasteiger partial charge in [0.15, 0.2) is 11.6 Å². The van der Waals surface area contributed by atoms with E-state index >= 15 is 0 Å². The molecule has 0 unspecified atom stereocenters. The Bertz CT molecular complexity index is 558. The largest absolute Gasteiger partial charge is 0.481 e. The van der Waals surface area contributed by atoms with E-state index in [9.17, 15) is 18.4 Å². The number of ether oxygens (including phenoxy) is 1. The lowest BCUT2D eigenvalue weighted by atomic mass is 10.1. The molecule has 1 fully saturated rings. The lowest BCUT2D eigenvalue weighted by Crippen LogP contribution is -2.39. The zero-order valence-corrected chi connectivity index (χ0v) is 11.9. The predicted octanol–water partition coefficient (Wildman–Crippen LogP) is 1.95. The lowest BCUT2D eigenvalue weighted by Gasteiger charge is -2.25. The molecule has 120 valence electrons. The van der Waals surface area contributed by atoms with Crippen LogP contribution in [0.4, 0.5) is 8.78 Å². The number of nitrogens with zero attached hydrogens (tertiary/aromatic N) is 1. The van der Waals surface area contributed by atoms with Crippen LogP contribution in [0.15, 0.2) is 18.2 Å². The van der Waals surface area contributed by atoms with Gasteiger partial charge in [-0.05, 0) is 30.5 Å². The normalized spacial score (nSPS) is 17.5. The van der Waals surface area contributed by atoms with Crippen LogP contribution >= 0.6 is 0 Å². The molecule has 1 saturated heterocycles. The third-order valence-electron chi connectivity index (χ3n) is 3.47. The molecule has 1 aromatic rings. The Morgan fingerprint density at radius 1 is 1.32 bits per heavy atom. The van der Waals surface area contributed by atoms with Gasteiger partial charge >= 0.3 is 5.97 Å². The molecule has 1 heterocycles. The van der Waals surface area contributed by atoms with Gasteiger partial charge in [0.05, 0.1) is 6.42 Å². The summed E-state index contributed by atoms with van der Waals surface area (Å²) in [4.78, 5) is 24.4. The molecule has 1 aliphatic heterocycles. The SMILES string of the molecule is O=C(O)CCN(Cc1ccc(F)c(F)c1)C(=O)[C@@H]1CCCO1. The molecular weight excluding hydrogens is 296 g/mol. The number of carbonyl (C=O) groups excluding carboxylic acids is 1. The maximum absolute atomic E-state index is 13.2. The van der Waals surface area contributed by atoms with Gasteiger partial charge in [0.25, 0.3) is 5.91 Å². The number of carboxylic acid groups (broad SMARTS) is 1. The summed E-state index contributed by atoms with van der Waals surface area (Å²) in [6.07, 6.45) is 0.551. The molecule has 22 heavy (non-hydrogen) atoms. The topological polar surface area (TPSA) is 66.8 Å². The van der Waals surface area contributed by atoms with Crippen molar-refractivity contribution in [3.8, 4) is 0 Å². The van der Waals surface area contributed by atoms with E-state index in [1.807, 2.05) is 0 Å². The van der Waals surface area contributed by atoms with Gasteiger partial charge in [-0.25, -0.2) is 8.78 Å². The Balaban J connectivity index is 2.10. The highest BCUT2D eigenvalue weighted by Crippen LogP contribution is 2.18. The van der Waals surface area contributed by atoms with E-state index in [1.165, 1.54) is 11.0 Å². The fraction of sp³-hybridized carbons (Fsp3) is 0.467. The van der Waals surface area contributed by atoms with Crippen LogP contribution in [0.1, 0.15) is 24.8 Å². The average Bonchev–Trinajstić information content (AvgIpc) is 3.00. The molecule has 1 atom stereocenters. The van der Waals surface area contributed by atoms with Crippen molar-refractivity contribution in [1.82, 2.24) is 4.90 Å². The summed E-state index contributed by atoms with van der Waals surface area (Å²) < 4.78 is 31.5. The molecule has 0 spiro atoms. The number of hydrogen-bond acceptors (Lipinski definition) is 3. The molecule has 1 N–H and O–H groups in total. The Kier molecular flexibility index (Phi) is 5.43. The molecule has 0 aromatic heterocycles. The first-order chi connectivity index (χ1) is 10.5. The average molecular weight is 313 g/mol. The summed E-state index contributed by atoms with van der Waals surface area (Å²) in [5, 5.41) is 8.78. The summed E-state index contributed by atoms with van der Waals surface area (Å²) in [5.74, 6) is -3.31. The van der Waals surface area contributed by atoms with Gasteiger partial charge in [0.1, 0.15) is 6.10 Å². The minimum absolute atomic E-state index is 0.00692. The summed E-state index contributed by atoms with van der Waals surface area (Å²) in [6, 6.07) is 3.36. The highest BCUT2D eigenvalue weighted by molar-refractivity contribution is 5.81. The molecule has 0 bridgehead atoms. The van der Waals surface area contributed by atoms with Crippen LogP contribution in [-0.4, -0.2) is 41.1 Å². The van der Waals surface area contributed by atoms with Crippen molar-refractivity contribution in [2.75, 3.05) is 13.2 Å². The lowest BCUT2D eigenvalue weighted by molar-refractivity contribution is -0.143. The molecule has 5 nitrogen and oxygen atoms in total. The molecule has 1 amide bonds. The second-order valence-corrected chi connectivity index (χ2v) is 5.15. The molecular formula is C15H17F2NO4. The van der Waals surface area contributed by atoms with E-state index in [0.29, 0.717) is 18.6 Å². The number of carbonyl (C=O) groups is 2. The molecule has 1 aromatic carbocycles. The van der Waals surface area contributed by atoms with E-state index in [2.05, 4.69) is 0 Å². The number of hydrogen-bond donors (Lipinski definition) is 1. The van der Waals surface area contributed by atoms with Crippen molar-refractivity contribution in [2.45, 2.75) is 31.9 Å².